The van der Waals surface area contributed by atoms with Crippen molar-refractivity contribution in [3.8, 4) is 0 Å². The van der Waals surface area contributed by atoms with E-state index in [1.807, 2.05) is 33.8 Å². The Morgan fingerprint density at radius 1 is 1.17 bits per heavy atom. The molecule has 2 aliphatic rings. The summed E-state index contributed by atoms with van der Waals surface area (Å²) in [6.07, 6.45) is -0.314. The summed E-state index contributed by atoms with van der Waals surface area (Å²) < 4.78 is 37.8. The minimum absolute atomic E-state index is 0.183. The van der Waals surface area contributed by atoms with Gasteiger partial charge in [-0.15, -0.1) is 0 Å². The number of methoxy groups -OCH3 is 1. The summed E-state index contributed by atoms with van der Waals surface area (Å²) in [6, 6.07) is 5.30. The summed E-state index contributed by atoms with van der Waals surface area (Å²) in [5.74, 6) is -0.132. The van der Waals surface area contributed by atoms with Gasteiger partial charge in [0, 0.05) is 24.1 Å². The lowest BCUT2D eigenvalue weighted by Gasteiger charge is -2.33. The average Bonchev–Trinajstić information content (AvgIpc) is 2.63. The van der Waals surface area contributed by atoms with Crippen molar-refractivity contribution < 1.29 is 23.2 Å². The van der Waals surface area contributed by atoms with Crippen LogP contribution in [0.25, 0.3) is 0 Å². The van der Waals surface area contributed by atoms with Crippen LogP contribution in [0.4, 0.5) is 4.39 Å². The van der Waals surface area contributed by atoms with Gasteiger partial charge in [0.15, 0.2) is 0 Å². The Balaban J connectivity index is 1.91. The smallest absolute Gasteiger partial charge is 0.399 e. The predicted molar refractivity (Wildman–Crippen MR) is 86.2 cm³/mol. The average molecular weight is 322 g/mol. The molecule has 0 N–H and O–H groups in total. The maximum Gasteiger partial charge on any atom is 0.497 e. The molecule has 2 fully saturated rings. The molecule has 1 aromatic rings. The van der Waals surface area contributed by atoms with Gasteiger partial charge in [-0.1, -0.05) is 18.2 Å². The Labute approximate surface area is 137 Å². The highest BCUT2D eigenvalue weighted by Crippen LogP contribution is 2.37. The number of benzene rings is 1. The molecule has 2 aliphatic heterocycles. The van der Waals surface area contributed by atoms with Crippen molar-refractivity contribution in [1.29, 1.82) is 0 Å². The molecular weight excluding hydrogens is 298 g/mol. The van der Waals surface area contributed by atoms with E-state index in [1.165, 1.54) is 0 Å². The van der Waals surface area contributed by atoms with E-state index in [4.69, 9.17) is 18.8 Å². The molecule has 1 aromatic carbocycles. The topological polar surface area (TPSA) is 36.9 Å². The van der Waals surface area contributed by atoms with E-state index < -0.39 is 18.3 Å². The molecule has 0 aliphatic carbocycles. The van der Waals surface area contributed by atoms with Crippen molar-refractivity contribution in [3.05, 3.63) is 29.6 Å². The van der Waals surface area contributed by atoms with Gasteiger partial charge in [0.25, 0.3) is 0 Å². The summed E-state index contributed by atoms with van der Waals surface area (Å²) in [5, 5.41) is 0. The minimum atomic E-state index is -0.713. The molecule has 0 spiro atoms. The normalized spacial score (nSPS) is 24.5. The lowest BCUT2D eigenvalue weighted by atomic mass is 9.76. The van der Waals surface area contributed by atoms with Gasteiger partial charge in [-0.3, -0.25) is 0 Å². The fourth-order valence-corrected chi connectivity index (χ4v) is 2.94. The Hall–Kier alpha value is -0.945. The number of hydrogen-bond acceptors (Lipinski definition) is 4. The molecule has 4 nitrogen and oxygen atoms in total. The van der Waals surface area contributed by atoms with E-state index in [0.717, 1.165) is 0 Å². The summed E-state index contributed by atoms with van der Waals surface area (Å²) in [7, 11) is 0.888. The van der Waals surface area contributed by atoms with Crippen LogP contribution in [0.2, 0.25) is 0 Å². The van der Waals surface area contributed by atoms with Gasteiger partial charge in [-0.2, -0.15) is 0 Å². The number of ether oxygens (including phenoxy) is 2. The highest BCUT2D eigenvalue weighted by atomic mass is 19.1. The van der Waals surface area contributed by atoms with Crippen LogP contribution >= 0.6 is 0 Å². The van der Waals surface area contributed by atoms with E-state index in [9.17, 15) is 0 Å². The van der Waals surface area contributed by atoms with Crippen LogP contribution in [0.15, 0.2) is 18.2 Å². The maximum atomic E-state index is 15.1. The van der Waals surface area contributed by atoms with Crippen LogP contribution in [-0.4, -0.2) is 38.6 Å². The molecule has 0 amide bonds. The molecule has 2 heterocycles. The molecule has 126 valence electrons. The van der Waals surface area contributed by atoms with E-state index in [0.29, 0.717) is 24.2 Å². The molecule has 3 rings (SSSR count). The number of halogens is 1. The fourth-order valence-electron chi connectivity index (χ4n) is 2.94. The van der Waals surface area contributed by atoms with Crippen LogP contribution in [0, 0.1) is 11.7 Å². The lowest BCUT2D eigenvalue weighted by Crippen LogP contribution is -2.41. The SMILES string of the molecule is COC(c1cccc(B2OC(C)(C)C(C)(C)O2)c1F)C1COC1. The molecular formula is C17H24BFO4. The van der Waals surface area contributed by atoms with E-state index >= 15 is 4.39 Å². The second-order valence-electron chi connectivity index (χ2n) is 7.29. The molecule has 6 heteroatoms. The van der Waals surface area contributed by atoms with Gasteiger partial charge < -0.3 is 18.8 Å². The van der Waals surface area contributed by atoms with Crippen LogP contribution in [0.5, 0.6) is 0 Å². The third-order valence-electron chi connectivity index (χ3n) is 5.22. The van der Waals surface area contributed by atoms with E-state index in [-0.39, 0.29) is 17.8 Å². The van der Waals surface area contributed by atoms with Crippen molar-refractivity contribution >= 4 is 12.6 Å². The van der Waals surface area contributed by atoms with Crippen LogP contribution in [0.3, 0.4) is 0 Å². The molecule has 1 unspecified atom stereocenters. The first kappa shape index (κ1) is 16.9. The van der Waals surface area contributed by atoms with Gasteiger partial charge in [-0.05, 0) is 27.7 Å². The van der Waals surface area contributed by atoms with Crippen molar-refractivity contribution in [3.63, 3.8) is 0 Å². The maximum absolute atomic E-state index is 15.1. The largest absolute Gasteiger partial charge is 0.497 e. The molecule has 1 atom stereocenters. The summed E-state index contributed by atoms with van der Waals surface area (Å²) in [6.45, 7) is 9.02. The Morgan fingerprint density at radius 3 is 2.26 bits per heavy atom. The van der Waals surface area contributed by atoms with E-state index in [1.54, 1.807) is 19.2 Å². The van der Waals surface area contributed by atoms with Gasteiger partial charge in [-0.25, -0.2) is 4.39 Å². The number of hydrogen-bond donors (Lipinski definition) is 0. The minimum Gasteiger partial charge on any atom is -0.399 e. The van der Waals surface area contributed by atoms with Crippen molar-refractivity contribution in [2.75, 3.05) is 20.3 Å². The summed E-state index contributed by atoms with van der Waals surface area (Å²) >= 11 is 0. The summed E-state index contributed by atoms with van der Waals surface area (Å²) in [5.41, 5.74) is -0.0398. The zero-order valence-electron chi connectivity index (χ0n) is 14.4. The Bertz CT molecular complexity index is 570. The lowest BCUT2D eigenvalue weighted by molar-refractivity contribution is -0.106. The highest BCUT2D eigenvalue weighted by Gasteiger charge is 2.52. The number of rotatable bonds is 4. The van der Waals surface area contributed by atoms with Crippen LogP contribution < -0.4 is 5.46 Å². The third-order valence-corrected chi connectivity index (χ3v) is 5.22. The van der Waals surface area contributed by atoms with Gasteiger partial charge in [0.1, 0.15) is 5.82 Å². The monoisotopic (exact) mass is 322 g/mol. The molecule has 23 heavy (non-hydrogen) atoms. The van der Waals surface area contributed by atoms with E-state index in [2.05, 4.69) is 0 Å². The molecule has 0 aromatic heterocycles. The highest BCUT2D eigenvalue weighted by molar-refractivity contribution is 6.62. The molecule has 0 saturated carbocycles. The first-order chi connectivity index (χ1) is 10.8. The molecule has 2 saturated heterocycles. The first-order valence-electron chi connectivity index (χ1n) is 8.01. The van der Waals surface area contributed by atoms with Gasteiger partial charge >= 0.3 is 7.12 Å². The van der Waals surface area contributed by atoms with Gasteiger partial charge in [0.2, 0.25) is 0 Å². The Kier molecular flexibility index (Phi) is 4.30. The van der Waals surface area contributed by atoms with Crippen molar-refractivity contribution in [2.45, 2.75) is 45.0 Å². The predicted octanol–water partition coefficient (Wildman–Crippen LogP) is 2.46. The first-order valence-corrected chi connectivity index (χ1v) is 8.01. The quantitative estimate of drug-likeness (QED) is 0.798. The second-order valence-corrected chi connectivity index (χ2v) is 7.29. The van der Waals surface area contributed by atoms with Crippen molar-refractivity contribution in [2.24, 2.45) is 5.92 Å². The van der Waals surface area contributed by atoms with Crippen LogP contribution in [0.1, 0.15) is 39.4 Å². The zero-order valence-corrected chi connectivity index (χ0v) is 14.4. The Morgan fingerprint density at radius 2 is 1.78 bits per heavy atom. The van der Waals surface area contributed by atoms with Crippen LogP contribution in [-0.2, 0) is 18.8 Å². The fraction of sp³-hybridized carbons (Fsp3) is 0.647. The van der Waals surface area contributed by atoms with Gasteiger partial charge in [0.05, 0.1) is 30.5 Å². The summed E-state index contributed by atoms with van der Waals surface area (Å²) in [4.78, 5) is 0. The second kappa shape index (κ2) is 5.85. The zero-order chi connectivity index (χ0) is 16.8. The van der Waals surface area contributed by atoms with Crippen molar-refractivity contribution in [1.82, 2.24) is 0 Å². The third kappa shape index (κ3) is 2.82. The molecule has 0 bridgehead atoms. The standard InChI is InChI=1S/C17H24BFO4/c1-16(2)17(3,4)23-18(22-16)13-8-6-7-12(14(13)19)15(20-5)11-9-21-10-11/h6-8,11,15H,9-10H2,1-5H3. The molecule has 0 radical (unpaired) electrons.